The van der Waals surface area contributed by atoms with Crippen molar-refractivity contribution in [2.24, 2.45) is 0 Å². The van der Waals surface area contributed by atoms with Crippen LogP contribution >= 0.6 is 11.3 Å². The molecule has 7 heteroatoms. The van der Waals surface area contributed by atoms with E-state index in [1.165, 1.54) is 18.4 Å². The van der Waals surface area contributed by atoms with Gasteiger partial charge in [-0.15, -0.1) is 11.3 Å². The molecule has 0 aliphatic carbocycles. The van der Waals surface area contributed by atoms with Gasteiger partial charge in [0, 0.05) is 12.2 Å². The van der Waals surface area contributed by atoms with Crippen LogP contribution < -0.4 is 5.32 Å². The molecule has 1 aliphatic rings. The molecular weight excluding hydrogens is 352 g/mol. The monoisotopic (exact) mass is 372 g/mol. The SMILES string of the molecule is COC(=O)c1ccc(NC(=O)C2CCCCN2C(=O)c2cccs2)cc1. The normalized spacial score (nSPS) is 16.8. The quantitative estimate of drug-likeness (QED) is 0.837. The molecule has 1 fully saturated rings. The van der Waals surface area contributed by atoms with E-state index in [4.69, 9.17) is 0 Å². The first kappa shape index (κ1) is 18.1. The van der Waals surface area contributed by atoms with Crippen molar-refractivity contribution >= 4 is 34.8 Å². The standard InChI is InChI=1S/C19H20N2O4S/c1-25-19(24)13-7-9-14(10-8-13)20-17(22)15-5-2-3-11-21(15)18(23)16-6-4-12-26-16/h4,6-10,12,15H,2-3,5,11H2,1H3,(H,20,22). The summed E-state index contributed by atoms with van der Waals surface area (Å²) in [7, 11) is 1.32. The van der Waals surface area contributed by atoms with E-state index in [9.17, 15) is 14.4 Å². The molecule has 1 N–H and O–H groups in total. The fraction of sp³-hybridized carbons (Fsp3) is 0.316. The topological polar surface area (TPSA) is 75.7 Å². The number of anilines is 1. The molecule has 1 unspecified atom stereocenters. The molecule has 136 valence electrons. The van der Waals surface area contributed by atoms with Gasteiger partial charge in [-0.25, -0.2) is 4.79 Å². The van der Waals surface area contributed by atoms with Crippen molar-refractivity contribution in [3.63, 3.8) is 0 Å². The number of nitrogens with one attached hydrogen (secondary N) is 1. The zero-order chi connectivity index (χ0) is 18.5. The molecule has 2 heterocycles. The van der Waals surface area contributed by atoms with Gasteiger partial charge in [0.25, 0.3) is 5.91 Å². The first-order chi connectivity index (χ1) is 12.6. The van der Waals surface area contributed by atoms with E-state index in [0.717, 1.165) is 12.8 Å². The molecule has 2 amide bonds. The number of benzene rings is 1. The summed E-state index contributed by atoms with van der Waals surface area (Å²) in [4.78, 5) is 39.2. The number of rotatable bonds is 4. The van der Waals surface area contributed by atoms with Crippen molar-refractivity contribution in [2.75, 3.05) is 19.0 Å². The second kappa shape index (κ2) is 8.14. The van der Waals surface area contributed by atoms with E-state index in [-0.39, 0.29) is 11.8 Å². The number of carbonyl (C=O) groups is 3. The minimum atomic E-state index is -0.487. The van der Waals surface area contributed by atoms with Crippen molar-refractivity contribution in [2.45, 2.75) is 25.3 Å². The molecule has 0 spiro atoms. The zero-order valence-electron chi connectivity index (χ0n) is 14.4. The molecule has 1 atom stereocenters. The molecule has 6 nitrogen and oxygen atoms in total. The van der Waals surface area contributed by atoms with E-state index < -0.39 is 12.0 Å². The first-order valence-electron chi connectivity index (χ1n) is 8.44. The number of methoxy groups -OCH3 is 1. The lowest BCUT2D eigenvalue weighted by molar-refractivity contribution is -0.121. The van der Waals surface area contributed by atoms with Crippen molar-refractivity contribution in [1.82, 2.24) is 4.90 Å². The Morgan fingerprint density at radius 1 is 1.15 bits per heavy atom. The fourth-order valence-electron chi connectivity index (χ4n) is 3.02. The van der Waals surface area contributed by atoms with Gasteiger partial charge in [-0.3, -0.25) is 9.59 Å². The first-order valence-corrected chi connectivity index (χ1v) is 9.32. The highest BCUT2D eigenvalue weighted by molar-refractivity contribution is 7.12. The van der Waals surface area contributed by atoms with Gasteiger partial charge in [-0.1, -0.05) is 6.07 Å². The predicted octanol–water partition coefficient (Wildman–Crippen LogP) is 3.17. The molecule has 1 aromatic carbocycles. The summed E-state index contributed by atoms with van der Waals surface area (Å²) in [6.45, 7) is 0.579. The Morgan fingerprint density at radius 2 is 1.92 bits per heavy atom. The predicted molar refractivity (Wildman–Crippen MR) is 99.4 cm³/mol. The lowest BCUT2D eigenvalue weighted by Gasteiger charge is -2.34. The summed E-state index contributed by atoms with van der Waals surface area (Å²) in [5.74, 6) is -0.732. The van der Waals surface area contributed by atoms with Crippen LogP contribution in [0.5, 0.6) is 0 Å². The Bertz CT molecular complexity index is 786. The van der Waals surface area contributed by atoms with Gasteiger partial charge in [-0.05, 0) is 55.0 Å². The van der Waals surface area contributed by atoms with E-state index >= 15 is 0 Å². The van der Waals surface area contributed by atoms with Crippen molar-refractivity contribution in [3.05, 3.63) is 52.2 Å². The number of hydrogen-bond donors (Lipinski definition) is 1. The van der Waals surface area contributed by atoms with Crippen LogP contribution in [0.25, 0.3) is 0 Å². The van der Waals surface area contributed by atoms with Crippen LogP contribution in [-0.4, -0.2) is 42.4 Å². The maximum Gasteiger partial charge on any atom is 0.337 e. The minimum absolute atomic E-state index is 0.0964. The molecule has 1 saturated heterocycles. The van der Waals surface area contributed by atoms with Crippen LogP contribution in [0.1, 0.15) is 39.3 Å². The largest absolute Gasteiger partial charge is 0.465 e. The van der Waals surface area contributed by atoms with Crippen LogP contribution in [0.3, 0.4) is 0 Å². The van der Waals surface area contributed by atoms with Crippen molar-refractivity contribution in [3.8, 4) is 0 Å². The summed E-state index contributed by atoms with van der Waals surface area (Å²) in [6.07, 6.45) is 2.45. The van der Waals surface area contributed by atoms with E-state index in [0.29, 0.717) is 29.1 Å². The third-order valence-electron chi connectivity index (χ3n) is 4.37. The Hall–Kier alpha value is -2.67. The Labute approximate surface area is 155 Å². The lowest BCUT2D eigenvalue weighted by atomic mass is 10.0. The average molecular weight is 372 g/mol. The van der Waals surface area contributed by atoms with Crippen molar-refractivity contribution < 1.29 is 19.1 Å². The number of esters is 1. The number of nitrogens with zero attached hydrogens (tertiary/aromatic N) is 1. The second-order valence-electron chi connectivity index (χ2n) is 6.05. The molecule has 2 aromatic rings. The molecule has 26 heavy (non-hydrogen) atoms. The highest BCUT2D eigenvalue weighted by Crippen LogP contribution is 2.23. The zero-order valence-corrected chi connectivity index (χ0v) is 15.3. The van der Waals surface area contributed by atoms with Gasteiger partial charge in [0.15, 0.2) is 0 Å². The summed E-state index contributed by atoms with van der Waals surface area (Å²) >= 11 is 1.38. The average Bonchev–Trinajstić information content (AvgIpc) is 3.22. The summed E-state index contributed by atoms with van der Waals surface area (Å²) in [5, 5.41) is 4.70. The number of hydrogen-bond acceptors (Lipinski definition) is 5. The maximum atomic E-state index is 12.7. The van der Waals surface area contributed by atoms with Crippen LogP contribution in [0.4, 0.5) is 5.69 Å². The smallest absolute Gasteiger partial charge is 0.337 e. The van der Waals surface area contributed by atoms with Gasteiger partial charge < -0.3 is 15.0 Å². The summed E-state index contributed by atoms with van der Waals surface area (Å²) in [5.41, 5.74) is 0.995. The van der Waals surface area contributed by atoms with Gasteiger partial charge >= 0.3 is 5.97 Å². The number of ether oxygens (including phenoxy) is 1. The fourth-order valence-corrected chi connectivity index (χ4v) is 3.70. The van der Waals surface area contributed by atoms with E-state index in [1.54, 1.807) is 35.2 Å². The van der Waals surface area contributed by atoms with E-state index in [1.807, 2.05) is 11.4 Å². The molecule has 3 rings (SSSR count). The molecule has 1 aromatic heterocycles. The minimum Gasteiger partial charge on any atom is -0.465 e. The number of amides is 2. The number of piperidine rings is 1. The Balaban J connectivity index is 1.70. The highest BCUT2D eigenvalue weighted by Gasteiger charge is 2.33. The van der Waals surface area contributed by atoms with Crippen LogP contribution in [0.2, 0.25) is 0 Å². The molecular formula is C19H20N2O4S. The third-order valence-corrected chi connectivity index (χ3v) is 5.23. The van der Waals surface area contributed by atoms with Crippen molar-refractivity contribution in [1.29, 1.82) is 0 Å². The summed E-state index contributed by atoms with van der Waals surface area (Å²) in [6, 6.07) is 9.62. The molecule has 1 aliphatic heterocycles. The van der Waals surface area contributed by atoms with E-state index in [2.05, 4.69) is 10.1 Å². The molecule has 0 bridgehead atoms. The van der Waals surface area contributed by atoms with Gasteiger partial charge in [0.1, 0.15) is 6.04 Å². The number of likely N-dealkylation sites (tertiary alicyclic amines) is 1. The van der Waals surface area contributed by atoms with Crippen LogP contribution in [-0.2, 0) is 9.53 Å². The van der Waals surface area contributed by atoms with Crippen LogP contribution in [0.15, 0.2) is 41.8 Å². The maximum absolute atomic E-state index is 12.7. The molecule has 0 saturated carbocycles. The third kappa shape index (κ3) is 3.94. The Morgan fingerprint density at radius 3 is 2.58 bits per heavy atom. The molecule has 0 radical (unpaired) electrons. The number of thiophene rings is 1. The number of carbonyl (C=O) groups excluding carboxylic acids is 3. The Kier molecular flexibility index (Phi) is 5.68. The van der Waals surface area contributed by atoms with Crippen LogP contribution in [0, 0.1) is 0 Å². The van der Waals surface area contributed by atoms with Gasteiger partial charge in [0.2, 0.25) is 5.91 Å². The lowest BCUT2D eigenvalue weighted by Crippen LogP contribution is -2.49. The van der Waals surface area contributed by atoms with Gasteiger partial charge in [-0.2, -0.15) is 0 Å². The summed E-state index contributed by atoms with van der Waals surface area (Å²) < 4.78 is 4.66. The second-order valence-corrected chi connectivity index (χ2v) is 6.99. The van der Waals surface area contributed by atoms with Gasteiger partial charge in [0.05, 0.1) is 17.6 Å². The highest BCUT2D eigenvalue weighted by atomic mass is 32.1.